The van der Waals surface area contributed by atoms with Gasteiger partial charge in [0.25, 0.3) is 0 Å². The van der Waals surface area contributed by atoms with Gasteiger partial charge >= 0.3 is 30.1 Å². The van der Waals surface area contributed by atoms with E-state index in [9.17, 15) is 32.3 Å². The third-order valence-electron chi connectivity index (χ3n) is 8.26. The monoisotopic (exact) mass is 750 g/mol. The van der Waals surface area contributed by atoms with Crippen molar-refractivity contribution in [2.75, 3.05) is 0 Å². The highest BCUT2D eigenvalue weighted by atomic mass is 19.4. The molecule has 0 saturated carbocycles. The van der Waals surface area contributed by atoms with Crippen molar-refractivity contribution in [2.45, 2.75) is 91.0 Å². The number of unbranched alkanes of at least 4 members (excludes halogenated alkanes) is 2. The highest BCUT2D eigenvalue weighted by Gasteiger charge is 2.44. The SMILES string of the molecule is CC(CC(OC(=O)c1ccccc1)C(C)C(F)(F)F)OC(=O)c1ccccc1.CCCCc1ccc(C(=O)O)cc1.CCCCc1ccc(C(=O)O)cc1. The Morgan fingerprint density at radius 3 is 1.28 bits per heavy atom. The number of benzene rings is 4. The molecule has 3 unspecified atom stereocenters. The van der Waals surface area contributed by atoms with Crippen molar-refractivity contribution in [3.63, 3.8) is 0 Å². The summed E-state index contributed by atoms with van der Waals surface area (Å²) in [6.07, 6.45) is -0.493. The predicted octanol–water partition coefficient (Wildman–Crippen LogP) is 10.5. The Kier molecular flexibility index (Phi) is 19.3. The zero-order valence-electron chi connectivity index (χ0n) is 31.1. The van der Waals surface area contributed by atoms with Crippen molar-refractivity contribution in [1.82, 2.24) is 0 Å². The number of alkyl halides is 3. The number of carbonyl (C=O) groups excluding carboxylic acids is 2. The van der Waals surface area contributed by atoms with E-state index < -0.39 is 48.2 Å². The number of halogens is 3. The van der Waals surface area contributed by atoms with Crippen LogP contribution < -0.4 is 0 Å². The Morgan fingerprint density at radius 1 is 0.574 bits per heavy atom. The van der Waals surface area contributed by atoms with Crippen LogP contribution in [0.1, 0.15) is 112 Å². The average Bonchev–Trinajstić information content (AvgIpc) is 3.16. The molecule has 0 aliphatic heterocycles. The van der Waals surface area contributed by atoms with Gasteiger partial charge in [0.05, 0.1) is 28.2 Å². The highest BCUT2D eigenvalue weighted by molar-refractivity contribution is 5.90. The molecule has 0 heterocycles. The van der Waals surface area contributed by atoms with E-state index in [-0.39, 0.29) is 17.5 Å². The van der Waals surface area contributed by atoms with E-state index in [1.807, 2.05) is 24.3 Å². The lowest BCUT2D eigenvalue weighted by molar-refractivity contribution is -0.197. The van der Waals surface area contributed by atoms with Gasteiger partial charge in [-0.2, -0.15) is 13.2 Å². The van der Waals surface area contributed by atoms with Crippen molar-refractivity contribution in [3.05, 3.63) is 143 Å². The number of carboxylic acid groups (broad SMARTS) is 2. The maximum absolute atomic E-state index is 13.2. The predicted molar refractivity (Wildman–Crippen MR) is 201 cm³/mol. The first-order chi connectivity index (χ1) is 25.7. The summed E-state index contributed by atoms with van der Waals surface area (Å²) in [4.78, 5) is 45.4. The molecule has 290 valence electrons. The zero-order chi connectivity index (χ0) is 40.1. The molecule has 0 aliphatic rings. The summed E-state index contributed by atoms with van der Waals surface area (Å²) in [5.41, 5.74) is 3.59. The van der Waals surface area contributed by atoms with Crippen LogP contribution in [0.4, 0.5) is 13.2 Å². The van der Waals surface area contributed by atoms with Crippen LogP contribution in [-0.4, -0.2) is 52.5 Å². The summed E-state index contributed by atoms with van der Waals surface area (Å²) in [5, 5.41) is 17.3. The first-order valence-corrected chi connectivity index (χ1v) is 17.9. The Morgan fingerprint density at radius 2 is 0.944 bits per heavy atom. The number of rotatable bonds is 15. The fraction of sp³-hybridized carbons (Fsp3) is 0.349. The number of aromatic carboxylic acids is 2. The van der Waals surface area contributed by atoms with E-state index in [1.165, 1.54) is 43.0 Å². The van der Waals surface area contributed by atoms with Gasteiger partial charge in [-0.15, -0.1) is 0 Å². The van der Waals surface area contributed by atoms with Crippen molar-refractivity contribution in [1.29, 1.82) is 0 Å². The molecule has 0 aromatic heterocycles. The van der Waals surface area contributed by atoms with Crippen LogP contribution in [0.5, 0.6) is 0 Å². The molecule has 3 atom stereocenters. The minimum Gasteiger partial charge on any atom is -0.478 e. The topological polar surface area (TPSA) is 127 Å². The molecule has 0 amide bonds. The van der Waals surface area contributed by atoms with Gasteiger partial charge in [-0.25, -0.2) is 19.2 Å². The number of aryl methyl sites for hydroxylation is 2. The number of ether oxygens (including phenoxy) is 2. The Labute approximate surface area is 315 Å². The normalized spacial score (nSPS) is 12.4. The summed E-state index contributed by atoms with van der Waals surface area (Å²) in [7, 11) is 0. The van der Waals surface area contributed by atoms with E-state index in [0.29, 0.717) is 11.1 Å². The molecular weight excluding hydrogens is 701 g/mol. The van der Waals surface area contributed by atoms with Crippen molar-refractivity contribution in [3.8, 4) is 0 Å². The third kappa shape index (κ3) is 16.5. The number of carboxylic acids is 2. The third-order valence-corrected chi connectivity index (χ3v) is 8.26. The fourth-order valence-electron chi connectivity index (χ4n) is 4.93. The van der Waals surface area contributed by atoms with E-state index in [4.69, 9.17) is 19.7 Å². The van der Waals surface area contributed by atoms with Gasteiger partial charge < -0.3 is 19.7 Å². The van der Waals surface area contributed by atoms with Gasteiger partial charge in [-0.3, -0.25) is 0 Å². The molecule has 2 N–H and O–H groups in total. The minimum atomic E-state index is -4.56. The fourth-order valence-corrected chi connectivity index (χ4v) is 4.93. The Balaban J connectivity index is 0.000000321. The first kappa shape index (κ1) is 44.7. The molecule has 0 saturated heterocycles. The van der Waals surface area contributed by atoms with Crippen LogP contribution in [0, 0.1) is 5.92 Å². The Bertz CT molecular complexity index is 1650. The van der Waals surface area contributed by atoms with Crippen LogP contribution in [0.15, 0.2) is 109 Å². The summed E-state index contributed by atoms with van der Waals surface area (Å²) in [5.74, 6) is -5.15. The molecule has 0 fully saturated rings. The van der Waals surface area contributed by atoms with E-state index >= 15 is 0 Å². The Hall–Kier alpha value is -5.45. The number of hydrogen-bond acceptors (Lipinski definition) is 6. The van der Waals surface area contributed by atoms with Crippen molar-refractivity contribution < 1.29 is 52.0 Å². The van der Waals surface area contributed by atoms with Crippen molar-refractivity contribution >= 4 is 23.9 Å². The lowest BCUT2D eigenvalue weighted by atomic mass is 9.98. The van der Waals surface area contributed by atoms with Gasteiger partial charge in [-0.05, 0) is 92.3 Å². The van der Waals surface area contributed by atoms with Crippen LogP contribution in [-0.2, 0) is 22.3 Å². The van der Waals surface area contributed by atoms with E-state index in [1.54, 1.807) is 72.8 Å². The molecule has 4 rings (SSSR count). The van der Waals surface area contributed by atoms with Crippen LogP contribution in [0.25, 0.3) is 0 Å². The van der Waals surface area contributed by atoms with E-state index in [0.717, 1.165) is 32.6 Å². The second-order valence-corrected chi connectivity index (χ2v) is 12.7. The molecule has 4 aromatic rings. The summed E-state index contributed by atoms with van der Waals surface area (Å²) >= 11 is 0. The van der Waals surface area contributed by atoms with Gasteiger partial charge in [-0.1, -0.05) is 94.3 Å². The van der Waals surface area contributed by atoms with Gasteiger partial charge in [0.2, 0.25) is 0 Å². The molecule has 0 spiro atoms. The van der Waals surface area contributed by atoms with Crippen LogP contribution >= 0.6 is 0 Å². The maximum Gasteiger partial charge on any atom is 0.395 e. The molecule has 0 aliphatic carbocycles. The highest BCUT2D eigenvalue weighted by Crippen LogP contribution is 2.32. The summed E-state index contributed by atoms with van der Waals surface area (Å²) < 4.78 is 50.0. The van der Waals surface area contributed by atoms with Gasteiger partial charge in [0, 0.05) is 6.42 Å². The molecular formula is C43H49F3O8. The second-order valence-electron chi connectivity index (χ2n) is 12.7. The number of carbonyl (C=O) groups is 4. The molecule has 54 heavy (non-hydrogen) atoms. The molecule has 0 radical (unpaired) electrons. The summed E-state index contributed by atoms with van der Waals surface area (Å²) in [6, 6.07) is 30.1. The standard InChI is InChI=1S/C21H21F3O4.2C11H14O2/c1-14(27-19(25)16-9-5-3-6-10-16)13-18(15(2)21(22,23)24)28-20(26)17-11-7-4-8-12-17;2*1-2-3-4-9-5-7-10(8-6-9)11(12)13/h3-12,14-15,18H,13H2,1-2H3;2*5-8H,2-4H2,1H3,(H,12,13). The molecule has 11 heteroatoms. The largest absolute Gasteiger partial charge is 0.478 e. The molecule has 4 aromatic carbocycles. The lowest BCUT2D eigenvalue weighted by Crippen LogP contribution is -2.38. The van der Waals surface area contributed by atoms with Gasteiger partial charge in [0.1, 0.15) is 12.2 Å². The lowest BCUT2D eigenvalue weighted by Gasteiger charge is -2.28. The average molecular weight is 751 g/mol. The smallest absolute Gasteiger partial charge is 0.395 e. The van der Waals surface area contributed by atoms with Crippen LogP contribution in [0.3, 0.4) is 0 Å². The quantitative estimate of drug-likeness (QED) is 0.115. The first-order valence-electron chi connectivity index (χ1n) is 17.9. The number of esters is 2. The van der Waals surface area contributed by atoms with Gasteiger partial charge in [0.15, 0.2) is 0 Å². The number of hydrogen-bond donors (Lipinski definition) is 2. The maximum atomic E-state index is 13.2. The van der Waals surface area contributed by atoms with Crippen molar-refractivity contribution in [2.24, 2.45) is 5.92 Å². The minimum absolute atomic E-state index is 0.149. The molecule has 8 nitrogen and oxygen atoms in total. The van der Waals surface area contributed by atoms with Crippen LogP contribution in [0.2, 0.25) is 0 Å². The second kappa shape index (κ2) is 23.3. The summed E-state index contributed by atoms with van der Waals surface area (Å²) in [6.45, 7) is 6.69. The zero-order valence-corrected chi connectivity index (χ0v) is 31.1. The molecule has 0 bridgehead atoms. The van der Waals surface area contributed by atoms with E-state index in [2.05, 4.69) is 13.8 Å².